The summed E-state index contributed by atoms with van der Waals surface area (Å²) in [6, 6.07) is 0. The first kappa shape index (κ1) is 24.5. The highest BCUT2D eigenvalue weighted by molar-refractivity contribution is 8.23. The minimum atomic E-state index is 0.160. The Morgan fingerprint density at radius 1 is 1.00 bits per heavy atom. The van der Waals surface area contributed by atoms with Gasteiger partial charge in [0.15, 0.2) is 0 Å². The van der Waals surface area contributed by atoms with Crippen LogP contribution in [0.15, 0.2) is 12.2 Å². The van der Waals surface area contributed by atoms with Crippen molar-refractivity contribution in [3.05, 3.63) is 12.2 Å². The number of nitrogens with one attached hydrogen (secondary N) is 1. The molecule has 1 aliphatic heterocycles. The van der Waals surface area contributed by atoms with Gasteiger partial charge in [0.25, 0.3) is 0 Å². The van der Waals surface area contributed by atoms with Crippen LogP contribution in [0.25, 0.3) is 0 Å². The molecule has 0 bridgehead atoms. The van der Waals surface area contributed by atoms with E-state index in [9.17, 15) is 4.79 Å². The van der Waals surface area contributed by atoms with Gasteiger partial charge in [0.1, 0.15) is 4.32 Å². The van der Waals surface area contributed by atoms with E-state index in [2.05, 4.69) is 29.3 Å². The summed E-state index contributed by atoms with van der Waals surface area (Å²) in [6.07, 6.45) is 22.1. The molecular weight excluding hydrogens is 372 g/mol. The van der Waals surface area contributed by atoms with Crippen LogP contribution in [0.2, 0.25) is 0 Å². The summed E-state index contributed by atoms with van der Waals surface area (Å²) in [4.78, 5) is 13.9. The fraction of sp³-hybridized carbons (Fsp3) is 0.818. The number of allylic oxidation sites excluding steroid dienone is 2. The lowest BCUT2D eigenvalue weighted by Crippen LogP contribution is -2.37. The summed E-state index contributed by atoms with van der Waals surface area (Å²) < 4.78 is 0.913. The van der Waals surface area contributed by atoms with Gasteiger partial charge < -0.3 is 10.2 Å². The number of carbonyl (C=O) groups is 1. The average Bonchev–Trinajstić information content (AvgIpc) is 3.08. The molecule has 1 fully saturated rings. The molecule has 0 atom stereocenters. The van der Waals surface area contributed by atoms with Crippen LogP contribution in [-0.2, 0) is 4.79 Å². The molecule has 156 valence electrons. The van der Waals surface area contributed by atoms with E-state index in [1.807, 2.05) is 0 Å². The summed E-state index contributed by atoms with van der Waals surface area (Å²) in [5.74, 6) is 1.20. The molecular formula is C22H40N2OS2. The predicted molar refractivity (Wildman–Crippen MR) is 124 cm³/mol. The molecule has 1 saturated heterocycles. The highest BCUT2D eigenvalue weighted by Crippen LogP contribution is 2.16. The van der Waals surface area contributed by atoms with Gasteiger partial charge in [-0.15, -0.1) is 0 Å². The largest absolute Gasteiger partial charge is 0.339 e. The topological polar surface area (TPSA) is 32.3 Å². The van der Waals surface area contributed by atoms with Crippen LogP contribution in [-0.4, -0.2) is 34.1 Å². The first-order valence-electron chi connectivity index (χ1n) is 11.1. The van der Waals surface area contributed by atoms with Gasteiger partial charge in [-0.1, -0.05) is 94.4 Å². The van der Waals surface area contributed by atoms with Crippen LogP contribution in [0.4, 0.5) is 0 Å². The Kier molecular flexibility index (Phi) is 15.9. The summed E-state index contributed by atoms with van der Waals surface area (Å²) in [5, 5.41) is 2.98. The predicted octanol–water partition coefficient (Wildman–Crippen LogP) is 6.43. The maximum Gasteiger partial charge on any atom is 0.221 e. The molecule has 1 N–H and O–H groups in total. The Morgan fingerprint density at radius 2 is 1.59 bits per heavy atom. The number of nitrogens with zero attached hydrogens (tertiary/aromatic N) is 1. The van der Waals surface area contributed by atoms with Gasteiger partial charge in [0.2, 0.25) is 5.91 Å². The van der Waals surface area contributed by atoms with E-state index >= 15 is 0 Å². The third-order valence-corrected chi connectivity index (χ3v) is 6.48. The van der Waals surface area contributed by atoms with Crippen LogP contribution >= 0.6 is 24.0 Å². The van der Waals surface area contributed by atoms with Gasteiger partial charge in [-0.2, -0.15) is 0 Å². The number of amides is 1. The zero-order chi connectivity index (χ0) is 19.6. The Morgan fingerprint density at radius 3 is 2.19 bits per heavy atom. The van der Waals surface area contributed by atoms with Crippen LogP contribution in [0.3, 0.4) is 0 Å². The molecule has 0 saturated carbocycles. The van der Waals surface area contributed by atoms with Gasteiger partial charge in [-0.25, -0.2) is 0 Å². The molecule has 0 aromatic heterocycles. The van der Waals surface area contributed by atoms with Crippen molar-refractivity contribution >= 4 is 34.2 Å². The van der Waals surface area contributed by atoms with Crippen LogP contribution < -0.4 is 5.32 Å². The summed E-state index contributed by atoms with van der Waals surface area (Å²) in [5.41, 5.74) is 0. The molecule has 0 aromatic rings. The molecule has 0 unspecified atom stereocenters. The van der Waals surface area contributed by atoms with Crippen molar-refractivity contribution in [3.63, 3.8) is 0 Å². The molecule has 0 spiro atoms. The van der Waals surface area contributed by atoms with E-state index in [1.165, 1.54) is 70.6 Å². The van der Waals surface area contributed by atoms with E-state index in [0.717, 1.165) is 29.5 Å². The monoisotopic (exact) mass is 412 g/mol. The third-order valence-electron chi connectivity index (χ3n) is 4.98. The lowest BCUT2D eigenvalue weighted by molar-refractivity contribution is -0.121. The first-order valence-corrected chi connectivity index (χ1v) is 12.5. The minimum absolute atomic E-state index is 0.160. The minimum Gasteiger partial charge on any atom is -0.339 e. The summed E-state index contributed by atoms with van der Waals surface area (Å²) in [6.45, 7) is 3.80. The average molecular weight is 413 g/mol. The number of hydrogen-bond acceptors (Lipinski definition) is 3. The van der Waals surface area contributed by atoms with Crippen molar-refractivity contribution in [1.82, 2.24) is 10.2 Å². The van der Waals surface area contributed by atoms with Crippen LogP contribution in [0, 0.1) is 0 Å². The Hall–Kier alpha value is -0.550. The molecule has 1 heterocycles. The van der Waals surface area contributed by atoms with E-state index in [4.69, 9.17) is 12.2 Å². The lowest BCUT2D eigenvalue weighted by Gasteiger charge is -2.17. The number of hydrogen-bond donors (Lipinski definition) is 1. The standard InChI is InChI=1S/C22H40N2OS2/c1-2-3-4-5-6-7-8-9-10-11-12-13-14-15-16-17-21(25)23-20-24-18-19-27-22(24)26/h9-10H,2-8,11-20H2,1H3,(H,23,25). The van der Waals surface area contributed by atoms with Crippen molar-refractivity contribution in [3.8, 4) is 0 Å². The van der Waals surface area contributed by atoms with Crippen LogP contribution in [0.5, 0.6) is 0 Å². The summed E-state index contributed by atoms with van der Waals surface area (Å²) in [7, 11) is 0. The second-order valence-electron chi connectivity index (χ2n) is 7.47. The molecule has 0 radical (unpaired) electrons. The zero-order valence-electron chi connectivity index (χ0n) is 17.3. The van der Waals surface area contributed by atoms with E-state index in [-0.39, 0.29) is 5.91 Å². The fourth-order valence-corrected chi connectivity index (χ4v) is 4.43. The normalized spacial score (nSPS) is 14.4. The molecule has 0 aromatic carbocycles. The molecule has 3 nitrogen and oxygen atoms in total. The smallest absolute Gasteiger partial charge is 0.221 e. The van der Waals surface area contributed by atoms with Crippen molar-refractivity contribution in [2.24, 2.45) is 0 Å². The number of thiocarbonyl (C=S) groups is 1. The van der Waals surface area contributed by atoms with Crippen molar-refractivity contribution in [1.29, 1.82) is 0 Å². The maximum atomic E-state index is 11.8. The van der Waals surface area contributed by atoms with Crippen LogP contribution in [0.1, 0.15) is 96.8 Å². The fourth-order valence-electron chi connectivity index (χ4n) is 3.20. The molecule has 1 aliphatic rings. The molecule has 1 rings (SSSR count). The van der Waals surface area contributed by atoms with Gasteiger partial charge >= 0.3 is 0 Å². The Balaban J connectivity index is 1.80. The van der Waals surface area contributed by atoms with Crippen molar-refractivity contribution in [2.75, 3.05) is 19.0 Å². The Labute approximate surface area is 177 Å². The van der Waals surface area contributed by atoms with Crippen molar-refractivity contribution in [2.45, 2.75) is 96.8 Å². The third kappa shape index (κ3) is 14.1. The maximum absolute atomic E-state index is 11.8. The van der Waals surface area contributed by atoms with Crippen molar-refractivity contribution < 1.29 is 4.79 Å². The number of thioether (sulfide) groups is 1. The molecule has 27 heavy (non-hydrogen) atoms. The number of rotatable bonds is 17. The highest BCUT2D eigenvalue weighted by Gasteiger charge is 2.17. The first-order chi connectivity index (χ1) is 13.2. The second kappa shape index (κ2) is 17.5. The SMILES string of the molecule is CCCCCCCCC=CCCCCCCCC(=O)NCN1CCSC1=S. The van der Waals surface area contributed by atoms with E-state index in [1.54, 1.807) is 11.8 Å². The Bertz CT molecular complexity index is 427. The van der Waals surface area contributed by atoms with E-state index < -0.39 is 0 Å². The molecule has 1 amide bonds. The quantitative estimate of drug-likeness (QED) is 0.169. The lowest BCUT2D eigenvalue weighted by atomic mass is 10.1. The highest BCUT2D eigenvalue weighted by atomic mass is 32.2. The number of unbranched alkanes of at least 4 members (excludes halogenated alkanes) is 11. The van der Waals surface area contributed by atoms with Gasteiger partial charge in [-0.3, -0.25) is 4.79 Å². The summed E-state index contributed by atoms with van der Waals surface area (Å²) >= 11 is 6.93. The molecule has 5 heteroatoms. The van der Waals surface area contributed by atoms with Gasteiger partial charge in [0.05, 0.1) is 6.67 Å². The van der Waals surface area contributed by atoms with Gasteiger partial charge in [0, 0.05) is 18.7 Å². The second-order valence-corrected chi connectivity index (χ2v) is 9.20. The molecule has 0 aliphatic carbocycles. The van der Waals surface area contributed by atoms with E-state index in [0.29, 0.717) is 13.1 Å². The zero-order valence-corrected chi connectivity index (χ0v) is 19.0. The van der Waals surface area contributed by atoms with Gasteiger partial charge in [-0.05, 0) is 32.1 Å². The number of carbonyl (C=O) groups excluding carboxylic acids is 1.